The fourth-order valence-corrected chi connectivity index (χ4v) is 1.95. The molecule has 0 aliphatic carbocycles. The van der Waals surface area contributed by atoms with Crippen LogP contribution in [-0.4, -0.2) is 29.9 Å². The summed E-state index contributed by atoms with van der Waals surface area (Å²) >= 11 is 1.25. The first kappa shape index (κ1) is 10.8. The van der Waals surface area contributed by atoms with Gasteiger partial charge in [0.25, 0.3) is 0 Å². The third-order valence-electron chi connectivity index (χ3n) is 1.60. The van der Waals surface area contributed by atoms with Gasteiger partial charge in [-0.25, -0.2) is 0 Å². The van der Waals surface area contributed by atoms with Crippen LogP contribution in [0.5, 0.6) is 0 Å². The molecule has 0 aromatic heterocycles. The molecule has 0 aromatic carbocycles. The Kier molecular flexibility index (Phi) is 4.48. The number of hydrogen-bond acceptors (Lipinski definition) is 4. The first-order valence-corrected chi connectivity index (χ1v) is 5.28. The van der Waals surface area contributed by atoms with E-state index in [1.54, 1.807) is 6.08 Å². The lowest BCUT2D eigenvalue weighted by Gasteiger charge is -2.20. The lowest BCUT2D eigenvalue weighted by Crippen LogP contribution is -2.27. The summed E-state index contributed by atoms with van der Waals surface area (Å²) in [5.41, 5.74) is 0. The molecular weight excluding hydrogens is 188 g/mol. The Morgan fingerprint density at radius 2 is 2.08 bits per heavy atom. The van der Waals surface area contributed by atoms with Gasteiger partial charge < -0.3 is 9.47 Å². The molecule has 74 valence electrons. The predicted molar refractivity (Wildman–Crippen MR) is 52.6 cm³/mol. The minimum Gasteiger partial charge on any atom is -0.351 e. The monoisotopic (exact) mass is 202 g/mol. The van der Waals surface area contributed by atoms with E-state index < -0.39 is 0 Å². The van der Waals surface area contributed by atoms with Crippen LogP contribution in [0.3, 0.4) is 0 Å². The summed E-state index contributed by atoms with van der Waals surface area (Å²) in [6.07, 6.45) is 3.12. The first-order valence-electron chi connectivity index (χ1n) is 4.40. The molecule has 1 heterocycles. The van der Waals surface area contributed by atoms with Gasteiger partial charge in [-0.3, -0.25) is 4.79 Å². The normalized spacial score (nSPS) is 21.8. The molecule has 0 radical (unpaired) electrons. The van der Waals surface area contributed by atoms with Crippen molar-refractivity contribution in [3.05, 3.63) is 12.2 Å². The second-order valence-corrected chi connectivity index (χ2v) is 3.72. The van der Waals surface area contributed by atoms with Crippen molar-refractivity contribution in [3.63, 3.8) is 0 Å². The van der Waals surface area contributed by atoms with Crippen molar-refractivity contribution in [2.75, 3.05) is 13.2 Å². The van der Waals surface area contributed by atoms with Gasteiger partial charge in [-0.15, -0.1) is 0 Å². The molecule has 0 saturated heterocycles. The fourth-order valence-electron chi connectivity index (χ4n) is 1.10. The van der Waals surface area contributed by atoms with Crippen molar-refractivity contribution >= 4 is 16.9 Å². The molecule has 0 N–H and O–H groups in total. The number of ether oxygens (including phenoxy) is 2. The van der Waals surface area contributed by atoms with Gasteiger partial charge in [0.1, 0.15) is 0 Å². The SMILES string of the molecule is CCOC(OCC)C1C=CC(=O)S1. The number of carbonyl (C=O) groups is 1. The zero-order valence-corrected chi connectivity index (χ0v) is 8.67. The summed E-state index contributed by atoms with van der Waals surface area (Å²) in [5.74, 6) is 0. The lowest BCUT2D eigenvalue weighted by molar-refractivity contribution is -0.129. The molecule has 0 amide bonds. The van der Waals surface area contributed by atoms with E-state index in [4.69, 9.17) is 9.47 Å². The highest BCUT2D eigenvalue weighted by Crippen LogP contribution is 2.26. The minimum atomic E-state index is -0.289. The Hall–Kier alpha value is -0.320. The highest BCUT2D eigenvalue weighted by atomic mass is 32.2. The Bertz CT molecular complexity index is 197. The van der Waals surface area contributed by atoms with Crippen molar-refractivity contribution in [2.24, 2.45) is 0 Å². The maximum Gasteiger partial charge on any atom is 0.212 e. The molecule has 0 spiro atoms. The summed E-state index contributed by atoms with van der Waals surface area (Å²) in [4.78, 5) is 10.9. The van der Waals surface area contributed by atoms with E-state index in [0.717, 1.165) is 0 Å². The summed E-state index contributed by atoms with van der Waals surface area (Å²) in [5, 5.41) is 0.0989. The van der Waals surface area contributed by atoms with Crippen LogP contribution in [0.25, 0.3) is 0 Å². The fraction of sp³-hybridized carbons (Fsp3) is 0.667. The van der Waals surface area contributed by atoms with Crippen LogP contribution in [-0.2, 0) is 14.3 Å². The van der Waals surface area contributed by atoms with E-state index in [-0.39, 0.29) is 16.7 Å². The third kappa shape index (κ3) is 3.14. The second kappa shape index (κ2) is 5.42. The maximum atomic E-state index is 10.9. The molecule has 0 aromatic rings. The molecule has 1 aliphatic rings. The Labute approximate surface area is 82.5 Å². The van der Waals surface area contributed by atoms with Crippen LogP contribution in [0.2, 0.25) is 0 Å². The van der Waals surface area contributed by atoms with E-state index in [9.17, 15) is 4.79 Å². The van der Waals surface area contributed by atoms with Crippen LogP contribution in [0.4, 0.5) is 0 Å². The van der Waals surface area contributed by atoms with Gasteiger partial charge in [0.2, 0.25) is 5.12 Å². The van der Waals surface area contributed by atoms with E-state index in [0.29, 0.717) is 13.2 Å². The van der Waals surface area contributed by atoms with E-state index in [2.05, 4.69) is 0 Å². The summed E-state index contributed by atoms with van der Waals surface area (Å²) in [7, 11) is 0. The number of thioether (sulfide) groups is 1. The zero-order valence-electron chi connectivity index (χ0n) is 7.86. The molecular formula is C9H14O3S. The molecule has 0 bridgehead atoms. The van der Waals surface area contributed by atoms with E-state index in [1.165, 1.54) is 11.8 Å². The Balaban J connectivity index is 2.45. The molecule has 3 nitrogen and oxygen atoms in total. The van der Waals surface area contributed by atoms with Gasteiger partial charge >= 0.3 is 0 Å². The van der Waals surface area contributed by atoms with Crippen LogP contribution in [0.1, 0.15) is 13.8 Å². The zero-order chi connectivity index (χ0) is 9.68. The standard InChI is InChI=1S/C9H14O3S/c1-3-11-9(12-4-2)7-5-6-8(10)13-7/h5-7,9H,3-4H2,1-2H3. The molecule has 1 rings (SSSR count). The van der Waals surface area contributed by atoms with E-state index in [1.807, 2.05) is 19.9 Å². The van der Waals surface area contributed by atoms with Gasteiger partial charge in [-0.1, -0.05) is 17.8 Å². The van der Waals surface area contributed by atoms with Crippen molar-refractivity contribution in [2.45, 2.75) is 25.4 Å². The maximum absolute atomic E-state index is 10.9. The highest BCUT2D eigenvalue weighted by Gasteiger charge is 2.26. The quantitative estimate of drug-likeness (QED) is 0.634. The van der Waals surface area contributed by atoms with Gasteiger partial charge in [0.15, 0.2) is 6.29 Å². The van der Waals surface area contributed by atoms with E-state index >= 15 is 0 Å². The number of rotatable bonds is 5. The summed E-state index contributed by atoms with van der Waals surface area (Å²) in [6.45, 7) is 5.03. The highest BCUT2D eigenvalue weighted by molar-refractivity contribution is 8.15. The number of carbonyl (C=O) groups excluding carboxylic acids is 1. The van der Waals surface area contributed by atoms with Crippen LogP contribution in [0.15, 0.2) is 12.2 Å². The lowest BCUT2D eigenvalue weighted by atomic mass is 10.3. The van der Waals surface area contributed by atoms with Gasteiger partial charge in [0.05, 0.1) is 5.25 Å². The molecule has 1 aliphatic heterocycles. The smallest absolute Gasteiger partial charge is 0.212 e. The number of hydrogen-bond donors (Lipinski definition) is 0. The first-order chi connectivity index (χ1) is 6.27. The molecule has 13 heavy (non-hydrogen) atoms. The topological polar surface area (TPSA) is 35.5 Å². The van der Waals surface area contributed by atoms with Crippen molar-refractivity contribution in [1.82, 2.24) is 0 Å². The van der Waals surface area contributed by atoms with Crippen LogP contribution < -0.4 is 0 Å². The van der Waals surface area contributed by atoms with Gasteiger partial charge in [-0.05, 0) is 19.9 Å². The Morgan fingerprint density at radius 3 is 2.46 bits per heavy atom. The second-order valence-electron chi connectivity index (χ2n) is 2.54. The van der Waals surface area contributed by atoms with Crippen molar-refractivity contribution < 1.29 is 14.3 Å². The molecule has 0 saturated carbocycles. The molecule has 0 fully saturated rings. The summed E-state index contributed by atoms with van der Waals surface area (Å²) in [6, 6.07) is 0. The average Bonchev–Trinajstić information content (AvgIpc) is 2.51. The van der Waals surface area contributed by atoms with Gasteiger partial charge in [-0.2, -0.15) is 0 Å². The predicted octanol–water partition coefficient (Wildman–Crippen LogP) is 1.58. The van der Waals surface area contributed by atoms with Crippen molar-refractivity contribution in [3.8, 4) is 0 Å². The largest absolute Gasteiger partial charge is 0.351 e. The summed E-state index contributed by atoms with van der Waals surface area (Å²) < 4.78 is 10.7. The van der Waals surface area contributed by atoms with Gasteiger partial charge in [0, 0.05) is 13.2 Å². The van der Waals surface area contributed by atoms with Crippen LogP contribution >= 0.6 is 11.8 Å². The minimum absolute atomic E-state index is 0.0207. The van der Waals surface area contributed by atoms with Crippen molar-refractivity contribution in [1.29, 1.82) is 0 Å². The van der Waals surface area contributed by atoms with Crippen LogP contribution in [0, 0.1) is 0 Å². The third-order valence-corrected chi connectivity index (χ3v) is 2.62. The molecule has 1 unspecified atom stereocenters. The average molecular weight is 202 g/mol. The Morgan fingerprint density at radius 1 is 1.46 bits per heavy atom. The molecule has 4 heteroatoms. The molecule has 1 atom stereocenters.